The summed E-state index contributed by atoms with van der Waals surface area (Å²) >= 11 is 7.46. The minimum Gasteiger partial charge on any atom is -0.267 e. The number of nitrogens with zero attached hydrogens (tertiary/aromatic N) is 2. The number of hydrogen-bond donors (Lipinski definition) is 0. The topological polar surface area (TPSA) is 34.4 Å². The minimum atomic E-state index is -0.236. The van der Waals surface area contributed by atoms with Crippen molar-refractivity contribution in [1.29, 1.82) is 0 Å². The zero-order valence-electron chi connectivity index (χ0n) is 9.79. The lowest BCUT2D eigenvalue weighted by molar-refractivity contribution is 1.07. The third kappa shape index (κ3) is 2.32. The Kier molecular flexibility index (Phi) is 3.19. The fraction of sp³-hybridized carbons (Fsp3) is 0. The molecule has 3 aromatic rings. The molecule has 0 bridgehead atoms. The Balaban J connectivity index is 2.08. The average Bonchev–Trinajstić information content (AvgIpc) is 2.91. The lowest BCUT2D eigenvalue weighted by atomic mass is 10.2. The Morgan fingerprint density at radius 2 is 2.00 bits per heavy atom. The molecule has 0 aliphatic heterocycles. The molecule has 0 saturated heterocycles. The Labute approximate surface area is 118 Å². The van der Waals surface area contributed by atoms with Gasteiger partial charge in [0.25, 0.3) is 5.56 Å². The monoisotopic (exact) mass is 288 g/mol. The second-order valence-electron chi connectivity index (χ2n) is 3.92. The van der Waals surface area contributed by atoms with Crippen molar-refractivity contribution < 1.29 is 0 Å². The third-order valence-corrected chi connectivity index (χ3v) is 3.78. The maximum atomic E-state index is 12.0. The van der Waals surface area contributed by atoms with E-state index in [9.17, 15) is 4.79 Å². The number of aromatic nitrogens is 2. The van der Waals surface area contributed by atoms with Crippen molar-refractivity contribution in [2.75, 3.05) is 0 Å². The van der Waals surface area contributed by atoms with Crippen molar-refractivity contribution in [2.24, 2.45) is 0 Å². The van der Waals surface area contributed by atoms with Crippen LogP contribution < -0.4 is 5.56 Å². The van der Waals surface area contributed by atoms with Gasteiger partial charge in [-0.3, -0.25) is 9.20 Å². The van der Waals surface area contributed by atoms with Gasteiger partial charge in [0, 0.05) is 11.6 Å². The second-order valence-corrected chi connectivity index (χ2v) is 5.17. The van der Waals surface area contributed by atoms with Gasteiger partial charge in [0.1, 0.15) is 5.02 Å². The van der Waals surface area contributed by atoms with Gasteiger partial charge in [0.05, 0.1) is 5.69 Å². The molecule has 1 aromatic carbocycles. The smallest absolute Gasteiger partial charge is 0.267 e. The van der Waals surface area contributed by atoms with Gasteiger partial charge in [-0.15, -0.1) is 11.3 Å². The molecule has 94 valence electrons. The van der Waals surface area contributed by atoms with Crippen LogP contribution in [-0.2, 0) is 0 Å². The second kappa shape index (κ2) is 4.99. The highest BCUT2D eigenvalue weighted by molar-refractivity contribution is 7.15. The Hall–Kier alpha value is -1.91. The summed E-state index contributed by atoms with van der Waals surface area (Å²) in [5.74, 6) is 0. The first-order valence-corrected chi connectivity index (χ1v) is 6.90. The largest absolute Gasteiger partial charge is 0.277 e. The third-order valence-electron chi connectivity index (χ3n) is 2.67. The Morgan fingerprint density at radius 3 is 2.79 bits per heavy atom. The van der Waals surface area contributed by atoms with Crippen molar-refractivity contribution in [3.8, 4) is 0 Å². The van der Waals surface area contributed by atoms with Gasteiger partial charge in [-0.05, 0) is 11.6 Å². The summed E-state index contributed by atoms with van der Waals surface area (Å²) in [6.45, 7) is 0. The molecule has 0 unspecified atom stereocenters. The molecule has 3 nitrogen and oxygen atoms in total. The zero-order valence-corrected chi connectivity index (χ0v) is 11.4. The van der Waals surface area contributed by atoms with E-state index in [-0.39, 0.29) is 10.6 Å². The van der Waals surface area contributed by atoms with E-state index >= 15 is 0 Å². The lowest BCUT2D eigenvalue weighted by Gasteiger charge is -1.98. The molecule has 0 atom stereocenters. The van der Waals surface area contributed by atoms with E-state index in [0.29, 0.717) is 10.7 Å². The van der Waals surface area contributed by atoms with Gasteiger partial charge < -0.3 is 0 Å². The Bertz CT molecular complexity index is 805. The highest BCUT2D eigenvalue weighted by Crippen LogP contribution is 2.16. The van der Waals surface area contributed by atoms with Crippen LogP contribution in [0.15, 0.2) is 46.7 Å². The van der Waals surface area contributed by atoms with Crippen LogP contribution in [0, 0.1) is 0 Å². The number of fused-ring (bicyclic) bond motifs is 1. The normalized spacial score (nSPS) is 11.4. The predicted octanol–water partition coefficient (Wildman–Crippen LogP) is 3.58. The number of benzene rings is 1. The molecule has 0 amide bonds. The molecule has 0 aliphatic carbocycles. The van der Waals surface area contributed by atoms with Crippen molar-refractivity contribution >= 4 is 40.1 Å². The quantitative estimate of drug-likeness (QED) is 0.722. The molecule has 2 aromatic heterocycles. The van der Waals surface area contributed by atoms with E-state index in [2.05, 4.69) is 4.98 Å². The molecule has 0 fully saturated rings. The zero-order chi connectivity index (χ0) is 13.2. The standard InChI is InChI=1S/C14H9ClN2OS/c15-12-11(7-6-10-4-2-1-3-5-10)16-14-17(13(12)18)8-9-19-14/h1-9H/b7-6+. The molecule has 0 radical (unpaired) electrons. The maximum Gasteiger partial charge on any atom is 0.277 e. The van der Waals surface area contributed by atoms with Gasteiger partial charge in [-0.25, -0.2) is 4.98 Å². The number of hydrogen-bond acceptors (Lipinski definition) is 3. The van der Waals surface area contributed by atoms with E-state index in [1.807, 2.05) is 41.8 Å². The molecule has 3 rings (SSSR count). The first-order valence-electron chi connectivity index (χ1n) is 5.64. The van der Waals surface area contributed by atoms with Crippen LogP contribution >= 0.6 is 22.9 Å². The molecule has 0 N–H and O–H groups in total. The first-order chi connectivity index (χ1) is 9.25. The average molecular weight is 289 g/mol. The molecule has 0 aliphatic rings. The SMILES string of the molecule is O=c1c(Cl)c(/C=C/c2ccccc2)nc2sccn12. The van der Waals surface area contributed by atoms with E-state index < -0.39 is 0 Å². The molecule has 0 spiro atoms. The molecular formula is C14H9ClN2OS. The van der Waals surface area contributed by atoms with E-state index in [4.69, 9.17) is 11.6 Å². The van der Waals surface area contributed by atoms with E-state index in [1.165, 1.54) is 15.7 Å². The first kappa shape index (κ1) is 12.1. The molecule has 19 heavy (non-hydrogen) atoms. The van der Waals surface area contributed by atoms with Crippen LogP contribution in [0.5, 0.6) is 0 Å². The van der Waals surface area contributed by atoms with Crippen LogP contribution in [0.2, 0.25) is 5.02 Å². The molecular weight excluding hydrogens is 280 g/mol. The summed E-state index contributed by atoms with van der Waals surface area (Å²) < 4.78 is 1.45. The summed E-state index contributed by atoms with van der Waals surface area (Å²) in [7, 11) is 0. The summed E-state index contributed by atoms with van der Waals surface area (Å²) in [5.41, 5.74) is 1.30. The van der Waals surface area contributed by atoms with Crippen molar-refractivity contribution in [1.82, 2.24) is 9.38 Å². The molecule has 2 heterocycles. The van der Waals surface area contributed by atoms with Crippen LogP contribution in [0.25, 0.3) is 17.1 Å². The predicted molar refractivity (Wildman–Crippen MR) is 79.7 cm³/mol. The summed E-state index contributed by atoms with van der Waals surface area (Å²) in [6, 6.07) is 9.80. The Morgan fingerprint density at radius 1 is 1.21 bits per heavy atom. The van der Waals surface area contributed by atoms with E-state index in [0.717, 1.165) is 5.56 Å². The molecule has 5 heteroatoms. The van der Waals surface area contributed by atoms with Crippen LogP contribution in [0.1, 0.15) is 11.3 Å². The van der Waals surface area contributed by atoms with Crippen molar-refractivity contribution in [3.63, 3.8) is 0 Å². The lowest BCUT2D eigenvalue weighted by Crippen LogP contribution is -2.14. The highest BCUT2D eigenvalue weighted by Gasteiger charge is 2.08. The van der Waals surface area contributed by atoms with Crippen molar-refractivity contribution in [3.05, 3.63) is 68.5 Å². The number of halogens is 1. The van der Waals surface area contributed by atoms with Gasteiger partial charge >= 0.3 is 0 Å². The van der Waals surface area contributed by atoms with Gasteiger partial charge in [-0.1, -0.05) is 48.0 Å². The number of thiazole rings is 1. The van der Waals surface area contributed by atoms with Crippen LogP contribution in [-0.4, -0.2) is 9.38 Å². The number of rotatable bonds is 2. The minimum absolute atomic E-state index is 0.142. The van der Waals surface area contributed by atoms with E-state index in [1.54, 1.807) is 12.3 Å². The maximum absolute atomic E-state index is 12.0. The van der Waals surface area contributed by atoms with Crippen LogP contribution in [0.3, 0.4) is 0 Å². The van der Waals surface area contributed by atoms with Crippen molar-refractivity contribution in [2.45, 2.75) is 0 Å². The highest BCUT2D eigenvalue weighted by atomic mass is 35.5. The van der Waals surface area contributed by atoms with Gasteiger partial charge in [0.15, 0.2) is 4.96 Å². The summed E-state index contributed by atoms with van der Waals surface area (Å²) in [5, 5.41) is 1.95. The van der Waals surface area contributed by atoms with Gasteiger partial charge in [0.2, 0.25) is 0 Å². The van der Waals surface area contributed by atoms with Gasteiger partial charge in [-0.2, -0.15) is 0 Å². The summed E-state index contributed by atoms with van der Waals surface area (Å²) in [4.78, 5) is 17.0. The fourth-order valence-corrected chi connectivity index (χ4v) is 2.63. The fourth-order valence-electron chi connectivity index (χ4n) is 1.72. The summed E-state index contributed by atoms with van der Waals surface area (Å²) in [6.07, 6.45) is 5.32. The van der Waals surface area contributed by atoms with Crippen LogP contribution in [0.4, 0.5) is 0 Å². The molecule has 0 saturated carbocycles.